The van der Waals surface area contributed by atoms with Crippen LogP contribution in [0.25, 0.3) is 10.2 Å². The lowest BCUT2D eigenvalue weighted by molar-refractivity contribution is 0.0915. The number of halogens is 1. The van der Waals surface area contributed by atoms with Gasteiger partial charge in [-0.25, -0.2) is 13.4 Å². The lowest BCUT2D eigenvalue weighted by Gasteiger charge is -2.24. The van der Waals surface area contributed by atoms with Crippen molar-refractivity contribution in [3.63, 3.8) is 0 Å². The third-order valence-corrected chi connectivity index (χ3v) is 7.17. The molecule has 152 valence electrons. The lowest BCUT2D eigenvalue weighted by Crippen LogP contribution is -2.38. The van der Waals surface area contributed by atoms with Crippen molar-refractivity contribution in [3.8, 4) is 0 Å². The molecule has 0 radical (unpaired) electrons. The van der Waals surface area contributed by atoms with Crippen molar-refractivity contribution in [2.45, 2.75) is 23.8 Å². The summed E-state index contributed by atoms with van der Waals surface area (Å²) < 4.78 is 31.0. The van der Waals surface area contributed by atoms with Crippen molar-refractivity contribution in [2.24, 2.45) is 0 Å². The largest absolute Gasteiger partial charge is 0.376 e. The molecular weight excluding hydrogens is 432 g/mol. The Kier molecular flexibility index (Phi) is 5.61. The van der Waals surface area contributed by atoms with Crippen LogP contribution < -0.4 is 4.90 Å². The highest BCUT2D eigenvalue weighted by Gasteiger charge is 2.29. The lowest BCUT2D eigenvalue weighted by atomic mass is 10.1. The molecule has 6 nitrogen and oxygen atoms in total. The standard InChI is InChI=1S/C20H19ClN2O4S2/c1-29(25,26)18-7-3-2-6-15(18)19(24)23(12-14-5-4-10-27-14)20-22-16-9-8-13(21)11-17(16)28-20/h2-3,6-9,11,14H,4-5,10,12H2,1H3. The summed E-state index contributed by atoms with van der Waals surface area (Å²) in [6.07, 6.45) is 2.76. The zero-order chi connectivity index (χ0) is 20.6. The highest BCUT2D eigenvalue weighted by Crippen LogP contribution is 2.33. The highest BCUT2D eigenvalue weighted by molar-refractivity contribution is 7.90. The van der Waals surface area contributed by atoms with E-state index >= 15 is 0 Å². The molecule has 1 aliphatic rings. The molecule has 29 heavy (non-hydrogen) atoms. The van der Waals surface area contributed by atoms with Gasteiger partial charge in [0.25, 0.3) is 5.91 Å². The average Bonchev–Trinajstić information content (AvgIpc) is 3.34. The minimum absolute atomic E-state index is 0.00601. The fourth-order valence-electron chi connectivity index (χ4n) is 3.35. The molecule has 1 fully saturated rings. The number of hydrogen-bond donors (Lipinski definition) is 0. The maximum absolute atomic E-state index is 13.5. The van der Waals surface area contributed by atoms with Crippen LogP contribution in [0.3, 0.4) is 0 Å². The van der Waals surface area contributed by atoms with Crippen LogP contribution in [0.2, 0.25) is 5.02 Å². The number of ether oxygens (including phenoxy) is 1. The molecule has 0 N–H and O–H groups in total. The number of thiazole rings is 1. The van der Waals surface area contributed by atoms with Crippen molar-refractivity contribution >= 4 is 54.0 Å². The van der Waals surface area contributed by atoms with Gasteiger partial charge in [-0.2, -0.15) is 0 Å². The van der Waals surface area contributed by atoms with E-state index in [0.29, 0.717) is 23.3 Å². The first kappa shape index (κ1) is 20.3. The monoisotopic (exact) mass is 450 g/mol. The minimum Gasteiger partial charge on any atom is -0.376 e. The number of carbonyl (C=O) groups excluding carboxylic acids is 1. The molecule has 1 aliphatic heterocycles. The fourth-order valence-corrected chi connectivity index (χ4v) is 5.48. The number of hydrogen-bond acceptors (Lipinski definition) is 6. The topological polar surface area (TPSA) is 76.6 Å². The zero-order valence-electron chi connectivity index (χ0n) is 15.7. The molecule has 1 amide bonds. The van der Waals surface area contributed by atoms with Gasteiger partial charge in [-0.3, -0.25) is 9.69 Å². The highest BCUT2D eigenvalue weighted by atomic mass is 35.5. The van der Waals surface area contributed by atoms with Gasteiger partial charge in [-0.15, -0.1) is 0 Å². The van der Waals surface area contributed by atoms with Crippen LogP contribution in [-0.4, -0.2) is 44.8 Å². The van der Waals surface area contributed by atoms with Gasteiger partial charge in [-0.05, 0) is 43.2 Å². The predicted octanol–water partition coefficient (Wildman–Crippen LogP) is 4.18. The number of carbonyl (C=O) groups is 1. The maximum atomic E-state index is 13.5. The van der Waals surface area contributed by atoms with Gasteiger partial charge in [0.05, 0.1) is 33.3 Å². The summed E-state index contributed by atoms with van der Waals surface area (Å²) in [6, 6.07) is 11.6. The van der Waals surface area contributed by atoms with Gasteiger partial charge in [-0.1, -0.05) is 35.1 Å². The number of benzene rings is 2. The van der Waals surface area contributed by atoms with E-state index in [1.165, 1.54) is 28.4 Å². The summed E-state index contributed by atoms with van der Waals surface area (Å²) in [6.45, 7) is 0.965. The molecule has 0 spiro atoms. The summed E-state index contributed by atoms with van der Waals surface area (Å²) in [5, 5.41) is 1.08. The Balaban J connectivity index is 1.79. The van der Waals surface area contributed by atoms with Gasteiger partial charge in [0.2, 0.25) is 0 Å². The molecule has 2 aromatic carbocycles. The molecule has 3 aromatic rings. The van der Waals surface area contributed by atoms with E-state index < -0.39 is 15.7 Å². The Morgan fingerprint density at radius 2 is 2.10 bits per heavy atom. The van der Waals surface area contributed by atoms with Crippen LogP contribution in [0.15, 0.2) is 47.4 Å². The first-order valence-electron chi connectivity index (χ1n) is 9.11. The second-order valence-electron chi connectivity index (χ2n) is 6.93. The number of aromatic nitrogens is 1. The summed E-state index contributed by atoms with van der Waals surface area (Å²) in [5.41, 5.74) is 0.862. The minimum atomic E-state index is -3.56. The van der Waals surface area contributed by atoms with E-state index in [4.69, 9.17) is 16.3 Å². The quantitative estimate of drug-likeness (QED) is 0.582. The van der Waals surface area contributed by atoms with Crippen molar-refractivity contribution in [2.75, 3.05) is 24.3 Å². The van der Waals surface area contributed by atoms with Gasteiger partial charge < -0.3 is 4.74 Å². The van der Waals surface area contributed by atoms with E-state index in [0.717, 1.165) is 29.3 Å². The Labute approximate surface area is 178 Å². The van der Waals surface area contributed by atoms with Gasteiger partial charge in [0, 0.05) is 17.9 Å². The predicted molar refractivity (Wildman–Crippen MR) is 115 cm³/mol. The number of anilines is 1. The molecule has 0 bridgehead atoms. The second kappa shape index (κ2) is 8.02. The van der Waals surface area contributed by atoms with E-state index in [2.05, 4.69) is 4.98 Å². The second-order valence-corrected chi connectivity index (χ2v) is 10.4. The summed E-state index contributed by atoms with van der Waals surface area (Å²) in [7, 11) is -3.56. The summed E-state index contributed by atoms with van der Waals surface area (Å²) >= 11 is 7.43. The SMILES string of the molecule is CS(=O)(=O)c1ccccc1C(=O)N(CC1CCCO1)c1nc2ccc(Cl)cc2s1. The fraction of sp³-hybridized carbons (Fsp3) is 0.300. The van der Waals surface area contributed by atoms with Crippen LogP contribution >= 0.6 is 22.9 Å². The Bertz CT molecular complexity index is 1170. The van der Waals surface area contributed by atoms with Crippen molar-refractivity contribution in [1.82, 2.24) is 4.98 Å². The third kappa shape index (κ3) is 4.30. The Morgan fingerprint density at radius 3 is 2.83 bits per heavy atom. The molecule has 1 aromatic heterocycles. The summed E-state index contributed by atoms with van der Waals surface area (Å²) in [5.74, 6) is -0.410. The van der Waals surface area contributed by atoms with Crippen molar-refractivity contribution < 1.29 is 17.9 Å². The average molecular weight is 451 g/mol. The van der Waals surface area contributed by atoms with Gasteiger partial charge >= 0.3 is 0 Å². The first-order valence-corrected chi connectivity index (χ1v) is 12.2. The van der Waals surface area contributed by atoms with Crippen LogP contribution in [0, 0.1) is 0 Å². The molecule has 1 unspecified atom stereocenters. The maximum Gasteiger partial charge on any atom is 0.261 e. The Morgan fingerprint density at radius 1 is 1.31 bits per heavy atom. The number of nitrogens with zero attached hydrogens (tertiary/aromatic N) is 2. The van der Waals surface area contributed by atoms with Gasteiger partial charge in [0.15, 0.2) is 15.0 Å². The van der Waals surface area contributed by atoms with Crippen LogP contribution in [0.4, 0.5) is 5.13 Å². The molecule has 1 atom stereocenters. The molecule has 4 rings (SSSR count). The molecule has 9 heteroatoms. The number of rotatable bonds is 5. The first-order chi connectivity index (χ1) is 13.8. The van der Waals surface area contributed by atoms with Gasteiger partial charge in [0.1, 0.15) is 0 Å². The van der Waals surface area contributed by atoms with E-state index in [1.54, 1.807) is 30.3 Å². The normalized spacial score (nSPS) is 17.0. The Hall–Kier alpha value is -2.00. The van der Waals surface area contributed by atoms with Crippen molar-refractivity contribution in [3.05, 3.63) is 53.1 Å². The molecule has 1 saturated heterocycles. The van der Waals surface area contributed by atoms with E-state index in [-0.39, 0.29) is 16.6 Å². The molecule has 0 saturated carbocycles. The molecule has 2 heterocycles. The van der Waals surface area contributed by atoms with E-state index in [9.17, 15) is 13.2 Å². The third-order valence-electron chi connectivity index (χ3n) is 4.74. The zero-order valence-corrected chi connectivity index (χ0v) is 18.1. The van der Waals surface area contributed by atoms with Crippen LogP contribution in [0.1, 0.15) is 23.2 Å². The smallest absolute Gasteiger partial charge is 0.261 e. The number of sulfone groups is 1. The summed E-state index contributed by atoms with van der Waals surface area (Å²) in [4.78, 5) is 19.6. The van der Waals surface area contributed by atoms with Crippen LogP contribution in [0.5, 0.6) is 0 Å². The molecular formula is C20H19ClN2O4S2. The number of amides is 1. The van der Waals surface area contributed by atoms with Crippen LogP contribution in [-0.2, 0) is 14.6 Å². The number of fused-ring (bicyclic) bond motifs is 1. The van der Waals surface area contributed by atoms with E-state index in [1.807, 2.05) is 0 Å². The molecule has 0 aliphatic carbocycles. The van der Waals surface area contributed by atoms with Crippen molar-refractivity contribution in [1.29, 1.82) is 0 Å².